The molecule has 0 saturated carbocycles. The van der Waals surface area contributed by atoms with E-state index in [0.29, 0.717) is 6.04 Å². The van der Waals surface area contributed by atoms with Crippen LogP contribution in [0.4, 0.5) is 4.79 Å². The fourth-order valence-corrected chi connectivity index (χ4v) is 2.90. The molecule has 116 valence electrons. The van der Waals surface area contributed by atoms with Gasteiger partial charge in [-0.05, 0) is 47.0 Å². The van der Waals surface area contributed by atoms with Gasteiger partial charge in [-0.15, -0.1) is 0 Å². The summed E-state index contributed by atoms with van der Waals surface area (Å²) in [5.74, 6) is 0. The van der Waals surface area contributed by atoms with Crippen LogP contribution in [0.15, 0.2) is 0 Å². The van der Waals surface area contributed by atoms with Gasteiger partial charge in [0.15, 0.2) is 0 Å². The normalized spacial score (nSPS) is 27.6. The standard InChI is InChI=1S/C15H28N2O3/c1-14(2,3)20-13(18)17-8-5-12(11-17)16-9-6-15(4,19)7-10-16/h12,19H,5-11H2,1-4H3. The Bertz CT molecular complexity index is 353. The number of likely N-dealkylation sites (tertiary alicyclic amines) is 2. The molecule has 0 aromatic rings. The SMILES string of the molecule is CC1(O)CCN(C2CCN(C(=O)OC(C)(C)C)C2)CC1. The minimum absolute atomic E-state index is 0.205. The number of carbonyl (C=O) groups excluding carboxylic acids is 1. The van der Waals surface area contributed by atoms with Crippen LogP contribution in [0.1, 0.15) is 47.0 Å². The van der Waals surface area contributed by atoms with Gasteiger partial charge in [-0.25, -0.2) is 4.79 Å². The van der Waals surface area contributed by atoms with E-state index < -0.39 is 11.2 Å². The average molecular weight is 284 g/mol. The molecule has 20 heavy (non-hydrogen) atoms. The summed E-state index contributed by atoms with van der Waals surface area (Å²) in [5.41, 5.74) is -0.945. The van der Waals surface area contributed by atoms with Crippen molar-refractivity contribution in [1.82, 2.24) is 9.80 Å². The topological polar surface area (TPSA) is 53.0 Å². The molecule has 0 aliphatic carbocycles. The Morgan fingerprint density at radius 2 is 1.85 bits per heavy atom. The van der Waals surface area contributed by atoms with E-state index in [1.807, 2.05) is 32.6 Å². The molecule has 1 amide bonds. The van der Waals surface area contributed by atoms with Crippen LogP contribution in [0.2, 0.25) is 0 Å². The summed E-state index contributed by atoms with van der Waals surface area (Å²) < 4.78 is 5.42. The van der Waals surface area contributed by atoms with Crippen molar-refractivity contribution in [3.63, 3.8) is 0 Å². The monoisotopic (exact) mass is 284 g/mol. The summed E-state index contributed by atoms with van der Waals surface area (Å²) in [4.78, 5) is 16.3. The molecular weight excluding hydrogens is 256 g/mol. The third-order valence-electron chi connectivity index (χ3n) is 4.21. The van der Waals surface area contributed by atoms with Crippen LogP contribution >= 0.6 is 0 Å². The molecule has 2 rings (SSSR count). The van der Waals surface area contributed by atoms with Gasteiger partial charge >= 0.3 is 6.09 Å². The first kappa shape index (κ1) is 15.6. The smallest absolute Gasteiger partial charge is 0.410 e. The third-order valence-corrected chi connectivity index (χ3v) is 4.21. The maximum Gasteiger partial charge on any atom is 0.410 e. The van der Waals surface area contributed by atoms with Gasteiger partial charge in [-0.3, -0.25) is 4.90 Å². The zero-order chi connectivity index (χ0) is 15.0. The highest BCUT2D eigenvalue weighted by molar-refractivity contribution is 5.68. The Morgan fingerprint density at radius 1 is 1.25 bits per heavy atom. The van der Waals surface area contributed by atoms with Gasteiger partial charge < -0.3 is 14.7 Å². The second kappa shape index (κ2) is 5.53. The van der Waals surface area contributed by atoms with E-state index in [-0.39, 0.29) is 6.09 Å². The van der Waals surface area contributed by atoms with E-state index in [2.05, 4.69) is 4.90 Å². The Morgan fingerprint density at radius 3 is 2.40 bits per heavy atom. The molecule has 5 nitrogen and oxygen atoms in total. The molecule has 5 heteroatoms. The lowest BCUT2D eigenvalue weighted by molar-refractivity contribution is -0.0163. The highest BCUT2D eigenvalue weighted by atomic mass is 16.6. The van der Waals surface area contributed by atoms with E-state index in [1.54, 1.807) is 0 Å². The largest absolute Gasteiger partial charge is 0.444 e. The van der Waals surface area contributed by atoms with E-state index in [1.165, 1.54) is 0 Å². The first-order chi connectivity index (χ1) is 9.16. The number of ether oxygens (including phenoxy) is 1. The number of nitrogens with zero attached hydrogens (tertiary/aromatic N) is 2. The third kappa shape index (κ3) is 4.09. The fourth-order valence-electron chi connectivity index (χ4n) is 2.90. The highest BCUT2D eigenvalue weighted by Crippen LogP contribution is 2.26. The van der Waals surface area contributed by atoms with Crippen LogP contribution in [0.5, 0.6) is 0 Å². The Hall–Kier alpha value is -0.810. The molecule has 2 saturated heterocycles. The summed E-state index contributed by atoms with van der Waals surface area (Å²) in [5, 5.41) is 9.99. The van der Waals surface area contributed by atoms with Crippen LogP contribution in [0.25, 0.3) is 0 Å². The molecule has 2 aliphatic rings. The van der Waals surface area contributed by atoms with Crippen LogP contribution < -0.4 is 0 Å². The van der Waals surface area contributed by atoms with E-state index in [0.717, 1.165) is 45.4 Å². The van der Waals surface area contributed by atoms with Gasteiger partial charge in [0.25, 0.3) is 0 Å². The molecule has 2 fully saturated rings. The minimum Gasteiger partial charge on any atom is -0.444 e. The van der Waals surface area contributed by atoms with Crippen molar-refractivity contribution < 1.29 is 14.6 Å². The summed E-state index contributed by atoms with van der Waals surface area (Å²) in [6.07, 6.45) is 2.43. The van der Waals surface area contributed by atoms with Crippen molar-refractivity contribution in [2.24, 2.45) is 0 Å². The average Bonchev–Trinajstić information content (AvgIpc) is 2.76. The van der Waals surface area contributed by atoms with Gasteiger partial charge in [0.1, 0.15) is 5.60 Å². The van der Waals surface area contributed by atoms with E-state index >= 15 is 0 Å². The van der Waals surface area contributed by atoms with Crippen LogP contribution in [-0.2, 0) is 4.74 Å². The first-order valence-electron chi connectivity index (χ1n) is 7.61. The van der Waals surface area contributed by atoms with Crippen molar-refractivity contribution in [3.05, 3.63) is 0 Å². The zero-order valence-corrected chi connectivity index (χ0v) is 13.2. The van der Waals surface area contributed by atoms with Gasteiger partial charge in [0.2, 0.25) is 0 Å². The van der Waals surface area contributed by atoms with E-state index in [4.69, 9.17) is 4.74 Å². The van der Waals surface area contributed by atoms with Gasteiger partial charge in [0.05, 0.1) is 5.60 Å². The maximum atomic E-state index is 12.0. The molecule has 0 spiro atoms. The Kier molecular flexibility index (Phi) is 4.30. The predicted octanol–water partition coefficient (Wildman–Crippen LogP) is 1.84. The molecular formula is C15H28N2O3. The number of hydrogen-bond donors (Lipinski definition) is 1. The van der Waals surface area contributed by atoms with Crippen molar-refractivity contribution in [1.29, 1.82) is 0 Å². The summed E-state index contributed by atoms with van der Waals surface area (Å²) >= 11 is 0. The van der Waals surface area contributed by atoms with Crippen molar-refractivity contribution >= 4 is 6.09 Å². The number of aliphatic hydroxyl groups is 1. The summed E-state index contributed by atoms with van der Waals surface area (Å²) in [7, 11) is 0. The van der Waals surface area contributed by atoms with Gasteiger partial charge in [0, 0.05) is 32.2 Å². The summed E-state index contributed by atoms with van der Waals surface area (Å²) in [6.45, 7) is 10.9. The van der Waals surface area contributed by atoms with Crippen LogP contribution in [0, 0.1) is 0 Å². The predicted molar refractivity (Wildman–Crippen MR) is 77.6 cm³/mol. The second-order valence-electron chi connectivity index (χ2n) is 7.40. The van der Waals surface area contributed by atoms with E-state index in [9.17, 15) is 9.90 Å². The van der Waals surface area contributed by atoms with Crippen molar-refractivity contribution in [3.8, 4) is 0 Å². The molecule has 1 unspecified atom stereocenters. The molecule has 0 aromatic carbocycles. The van der Waals surface area contributed by atoms with Crippen molar-refractivity contribution in [2.45, 2.75) is 64.2 Å². The van der Waals surface area contributed by atoms with Crippen molar-refractivity contribution in [2.75, 3.05) is 26.2 Å². The molecule has 0 aromatic heterocycles. The first-order valence-corrected chi connectivity index (χ1v) is 7.61. The van der Waals surface area contributed by atoms with Crippen LogP contribution in [-0.4, -0.2) is 64.4 Å². The maximum absolute atomic E-state index is 12.0. The Balaban J connectivity index is 1.82. The number of piperidine rings is 1. The van der Waals surface area contributed by atoms with Gasteiger partial charge in [-0.1, -0.05) is 0 Å². The molecule has 0 bridgehead atoms. The number of hydrogen-bond acceptors (Lipinski definition) is 4. The lowest BCUT2D eigenvalue weighted by Crippen LogP contribution is -2.48. The molecule has 0 radical (unpaired) electrons. The number of amides is 1. The fraction of sp³-hybridized carbons (Fsp3) is 0.933. The molecule has 1 atom stereocenters. The molecule has 2 aliphatic heterocycles. The summed E-state index contributed by atoms with van der Waals surface area (Å²) in [6, 6.07) is 0.415. The lowest BCUT2D eigenvalue weighted by Gasteiger charge is -2.38. The quantitative estimate of drug-likeness (QED) is 0.798. The minimum atomic E-state index is -0.514. The Labute approximate surface area is 121 Å². The van der Waals surface area contributed by atoms with Crippen LogP contribution in [0.3, 0.4) is 0 Å². The highest BCUT2D eigenvalue weighted by Gasteiger charge is 2.36. The number of rotatable bonds is 1. The second-order valence-corrected chi connectivity index (χ2v) is 7.40. The van der Waals surface area contributed by atoms with Gasteiger partial charge in [-0.2, -0.15) is 0 Å². The zero-order valence-electron chi connectivity index (χ0n) is 13.2. The lowest BCUT2D eigenvalue weighted by atomic mass is 9.93. The molecule has 1 N–H and O–H groups in total. The molecule has 2 heterocycles. The number of carbonyl (C=O) groups is 1.